The van der Waals surface area contributed by atoms with Crippen molar-refractivity contribution >= 4 is 22.9 Å². The molecule has 17 heavy (non-hydrogen) atoms. The van der Waals surface area contributed by atoms with Crippen molar-refractivity contribution in [3.63, 3.8) is 0 Å². The Bertz CT molecular complexity index is 479. The van der Waals surface area contributed by atoms with Gasteiger partial charge in [0.05, 0.1) is 5.38 Å². The van der Waals surface area contributed by atoms with E-state index in [0.717, 1.165) is 5.56 Å². The SMILES string of the molecule is CC(C)(C)c1ccc(C(Cl)c2ccccc2)s1. The maximum absolute atomic E-state index is 6.51. The fourth-order valence-corrected chi connectivity index (χ4v) is 3.10. The summed E-state index contributed by atoms with van der Waals surface area (Å²) >= 11 is 8.32. The first-order valence-corrected chi connectivity index (χ1v) is 7.03. The average molecular weight is 265 g/mol. The summed E-state index contributed by atoms with van der Waals surface area (Å²) in [7, 11) is 0. The number of thiophene rings is 1. The van der Waals surface area contributed by atoms with Gasteiger partial charge in [-0.25, -0.2) is 0 Å². The predicted molar refractivity (Wildman–Crippen MR) is 77.2 cm³/mol. The lowest BCUT2D eigenvalue weighted by Crippen LogP contribution is -2.07. The molecule has 0 nitrogen and oxygen atoms in total. The molecule has 90 valence electrons. The van der Waals surface area contributed by atoms with Gasteiger partial charge in [-0.15, -0.1) is 22.9 Å². The van der Waals surface area contributed by atoms with Gasteiger partial charge in [0.1, 0.15) is 0 Å². The molecule has 2 heteroatoms. The molecule has 0 amide bonds. The zero-order valence-corrected chi connectivity index (χ0v) is 12.0. The Morgan fingerprint density at radius 2 is 1.65 bits per heavy atom. The second-order valence-electron chi connectivity index (χ2n) is 5.23. The average Bonchev–Trinajstić information content (AvgIpc) is 2.78. The van der Waals surface area contributed by atoms with E-state index in [1.165, 1.54) is 9.75 Å². The number of hydrogen-bond acceptors (Lipinski definition) is 1. The molecule has 0 saturated carbocycles. The van der Waals surface area contributed by atoms with E-state index < -0.39 is 0 Å². The Hall–Kier alpha value is -0.790. The molecular formula is C15H17ClS. The Morgan fingerprint density at radius 3 is 2.18 bits per heavy atom. The van der Waals surface area contributed by atoms with Crippen LogP contribution in [0.1, 0.15) is 41.5 Å². The molecule has 0 radical (unpaired) electrons. The minimum Gasteiger partial charge on any atom is -0.143 e. The zero-order valence-electron chi connectivity index (χ0n) is 10.4. The van der Waals surface area contributed by atoms with Crippen molar-refractivity contribution in [2.75, 3.05) is 0 Å². The van der Waals surface area contributed by atoms with Crippen molar-refractivity contribution in [1.29, 1.82) is 0 Å². The van der Waals surface area contributed by atoms with Crippen LogP contribution in [-0.4, -0.2) is 0 Å². The number of rotatable bonds is 2. The Morgan fingerprint density at radius 1 is 1.00 bits per heavy atom. The van der Waals surface area contributed by atoms with Crippen LogP contribution in [0.2, 0.25) is 0 Å². The molecule has 1 atom stereocenters. The van der Waals surface area contributed by atoms with E-state index in [0.29, 0.717) is 0 Å². The third kappa shape index (κ3) is 2.91. The van der Waals surface area contributed by atoms with Crippen LogP contribution in [0.3, 0.4) is 0 Å². The highest BCUT2D eigenvalue weighted by Crippen LogP contribution is 2.37. The number of alkyl halides is 1. The van der Waals surface area contributed by atoms with E-state index in [1.54, 1.807) is 0 Å². The van der Waals surface area contributed by atoms with E-state index in [-0.39, 0.29) is 10.8 Å². The third-order valence-electron chi connectivity index (χ3n) is 2.71. The highest BCUT2D eigenvalue weighted by atomic mass is 35.5. The van der Waals surface area contributed by atoms with Gasteiger partial charge in [-0.05, 0) is 23.1 Å². The molecule has 1 heterocycles. The van der Waals surface area contributed by atoms with Crippen molar-refractivity contribution in [2.45, 2.75) is 31.6 Å². The highest BCUT2D eigenvalue weighted by molar-refractivity contribution is 7.12. The molecular weight excluding hydrogens is 248 g/mol. The van der Waals surface area contributed by atoms with Crippen LogP contribution >= 0.6 is 22.9 Å². The fraction of sp³-hybridized carbons (Fsp3) is 0.333. The molecule has 0 fully saturated rings. The van der Waals surface area contributed by atoms with Crippen molar-refractivity contribution in [3.8, 4) is 0 Å². The smallest absolute Gasteiger partial charge is 0.0927 e. The summed E-state index contributed by atoms with van der Waals surface area (Å²) in [6, 6.07) is 14.6. The highest BCUT2D eigenvalue weighted by Gasteiger charge is 2.19. The van der Waals surface area contributed by atoms with Gasteiger partial charge in [0.2, 0.25) is 0 Å². The molecule has 1 aromatic carbocycles. The first-order valence-electron chi connectivity index (χ1n) is 5.78. The monoisotopic (exact) mass is 264 g/mol. The minimum absolute atomic E-state index is 0.0303. The summed E-state index contributed by atoms with van der Waals surface area (Å²) in [5.74, 6) is 0. The number of hydrogen-bond donors (Lipinski definition) is 0. The molecule has 1 unspecified atom stereocenters. The minimum atomic E-state index is -0.0303. The van der Waals surface area contributed by atoms with Gasteiger partial charge in [-0.3, -0.25) is 0 Å². The van der Waals surface area contributed by atoms with Crippen molar-refractivity contribution in [2.24, 2.45) is 0 Å². The fourth-order valence-electron chi connectivity index (χ4n) is 1.68. The summed E-state index contributed by atoms with van der Waals surface area (Å²) in [6.45, 7) is 6.69. The molecule has 0 aliphatic heterocycles. The lowest BCUT2D eigenvalue weighted by Gasteiger charge is -2.15. The van der Waals surface area contributed by atoms with E-state index in [4.69, 9.17) is 11.6 Å². The van der Waals surface area contributed by atoms with E-state index >= 15 is 0 Å². The lowest BCUT2D eigenvalue weighted by molar-refractivity contribution is 0.604. The van der Waals surface area contributed by atoms with E-state index in [1.807, 2.05) is 29.5 Å². The molecule has 0 spiro atoms. The van der Waals surface area contributed by atoms with Gasteiger partial charge in [-0.1, -0.05) is 51.1 Å². The van der Waals surface area contributed by atoms with Gasteiger partial charge in [0, 0.05) is 9.75 Å². The summed E-state index contributed by atoms with van der Waals surface area (Å²) in [6.07, 6.45) is 0. The molecule has 0 aliphatic rings. The normalized spacial score (nSPS) is 13.6. The summed E-state index contributed by atoms with van der Waals surface area (Å²) < 4.78 is 0. The molecule has 0 N–H and O–H groups in total. The van der Waals surface area contributed by atoms with Crippen LogP contribution in [0.25, 0.3) is 0 Å². The molecule has 0 aliphatic carbocycles. The quantitative estimate of drug-likeness (QED) is 0.640. The van der Waals surface area contributed by atoms with Crippen LogP contribution in [-0.2, 0) is 5.41 Å². The molecule has 0 saturated heterocycles. The third-order valence-corrected chi connectivity index (χ3v) is 4.90. The number of benzene rings is 1. The molecule has 2 aromatic rings. The largest absolute Gasteiger partial charge is 0.143 e. The van der Waals surface area contributed by atoms with E-state index in [2.05, 4.69) is 45.0 Å². The second kappa shape index (κ2) is 4.83. The van der Waals surface area contributed by atoms with Gasteiger partial charge in [0.25, 0.3) is 0 Å². The topological polar surface area (TPSA) is 0 Å². The van der Waals surface area contributed by atoms with Crippen molar-refractivity contribution in [3.05, 3.63) is 57.8 Å². The van der Waals surface area contributed by atoms with Gasteiger partial charge in [0.15, 0.2) is 0 Å². The standard InChI is InChI=1S/C15H17ClS/c1-15(2,3)13-10-9-12(17-13)14(16)11-7-5-4-6-8-11/h4-10,14H,1-3H3. The van der Waals surface area contributed by atoms with Gasteiger partial charge in [-0.2, -0.15) is 0 Å². The Labute approximate surface area is 112 Å². The lowest BCUT2D eigenvalue weighted by atomic mass is 9.95. The second-order valence-corrected chi connectivity index (χ2v) is 6.78. The van der Waals surface area contributed by atoms with Crippen molar-refractivity contribution < 1.29 is 0 Å². The first kappa shape index (κ1) is 12.7. The maximum atomic E-state index is 6.51. The Kier molecular flexibility index (Phi) is 3.60. The van der Waals surface area contributed by atoms with Crippen molar-refractivity contribution in [1.82, 2.24) is 0 Å². The zero-order chi connectivity index (χ0) is 12.5. The Balaban J connectivity index is 2.27. The first-order chi connectivity index (χ1) is 7.98. The van der Waals surface area contributed by atoms with E-state index in [9.17, 15) is 0 Å². The van der Waals surface area contributed by atoms with Gasteiger partial charge < -0.3 is 0 Å². The van der Waals surface area contributed by atoms with Crippen LogP contribution in [0.4, 0.5) is 0 Å². The molecule has 1 aromatic heterocycles. The number of halogens is 1. The molecule has 2 rings (SSSR count). The van der Waals surface area contributed by atoms with Crippen LogP contribution in [0.5, 0.6) is 0 Å². The maximum Gasteiger partial charge on any atom is 0.0927 e. The van der Waals surface area contributed by atoms with Crippen LogP contribution in [0, 0.1) is 0 Å². The predicted octanol–water partition coefficient (Wildman–Crippen LogP) is 5.37. The van der Waals surface area contributed by atoms with Crippen LogP contribution in [0.15, 0.2) is 42.5 Å². The summed E-state index contributed by atoms with van der Waals surface area (Å²) in [5.41, 5.74) is 1.37. The summed E-state index contributed by atoms with van der Waals surface area (Å²) in [5, 5.41) is -0.0303. The molecule has 0 bridgehead atoms. The van der Waals surface area contributed by atoms with Gasteiger partial charge >= 0.3 is 0 Å². The van der Waals surface area contributed by atoms with Crippen LogP contribution < -0.4 is 0 Å². The summed E-state index contributed by atoms with van der Waals surface area (Å²) in [4.78, 5) is 2.61.